The van der Waals surface area contributed by atoms with Crippen molar-refractivity contribution in [1.29, 1.82) is 0 Å². The molecule has 2 saturated heterocycles. The average molecular weight is 428 g/mol. The van der Waals surface area contributed by atoms with E-state index in [0.717, 1.165) is 24.5 Å². The number of carbonyl (C=O) groups excluding carboxylic acids is 2. The Morgan fingerprint density at radius 1 is 1.10 bits per heavy atom. The quantitative estimate of drug-likeness (QED) is 0.733. The fraction of sp³-hybridized carbons (Fsp3) is 0.391. The van der Waals surface area contributed by atoms with Crippen molar-refractivity contribution >= 4 is 34.8 Å². The van der Waals surface area contributed by atoms with Gasteiger partial charge in [-0.05, 0) is 37.3 Å². The molecular weight excluding hydrogens is 402 g/mol. The zero-order valence-corrected chi connectivity index (χ0v) is 17.8. The van der Waals surface area contributed by atoms with Crippen molar-refractivity contribution < 1.29 is 14.3 Å². The number of hydrogen-bond donors (Lipinski definition) is 0. The van der Waals surface area contributed by atoms with E-state index < -0.39 is 0 Å². The Morgan fingerprint density at radius 3 is 2.60 bits per heavy atom. The second-order valence-corrected chi connectivity index (χ2v) is 8.03. The lowest BCUT2D eigenvalue weighted by Gasteiger charge is -2.37. The van der Waals surface area contributed by atoms with E-state index in [-0.39, 0.29) is 24.2 Å². The number of nitrogens with zero attached hydrogens (tertiary/aromatic N) is 3. The highest BCUT2D eigenvalue weighted by Gasteiger charge is 2.38. The fourth-order valence-electron chi connectivity index (χ4n) is 4.18. The molecule has 2 aliphatic heterocycles. The van der Waals surface area contributed by atoms with Gasteiger partial charge in [-0.25, -0.2) is 0 Å². The zero-order valence-electron chi connectivity index (χ0n) is 17.1. The summed E-state index contributed by atoms with van der Waals surface area (Å²) < 4.78 is 5.67. The lowest BCUT2D eigenvalue weighted by molar-refractivity contribution is -0.136. The number of carbonyl (C=O) groups is 2. The minimum absolute atomic E-state index is 0.0296. The first kappa shape index (κ1) is 20.5. The van der Waals surface area contributed by atoms with Crippen molar-refractivity contribution in [3.05, 3.63) is 53.6 Å². The van der Waals surface area contributed by atoms with Gasteiger partial charge in [-0.2, -0.15) is 0 Å². The molecule has 0 bridgehead atoms. The van der Waals surface area contributed by atoms with E-state index in [9.17, 15) is 9.59 Å². The summed E-state index contributed by atoms with van der Waals surface area (Å²) in [5.41, 5.74) is 1.81. The molecule has 2 aromatic rings. The highest BCUT2D eigenvalue weighted by atomic mass is 35.5. The normalized spacial score (nSPS) is 19.3. The van der Waals surface area contributed by atoms with Crippen molar-refractivity contribution in [1.82, 2.24) is 4.90 Å². The average Bonchev–Trinajstić information content (AvgIpc) is 3.15. The highest BCUT2D eigenvalue weighted by Crippen LogP contribution is 2.33. The second-order valence-electron chi connectivity index (χ2n) is 7.60. The number of ether oxygens (including phenoxy) is 1. The molecule has 0 N–H and O–H groups in total. The van der Waals surface area contributed by atoms with Gasteiger partial charge in [-0.3, -0.25) is 9.59 Å². The van der Waals surface area contributed by atoms with Crippen LogP contribution in [-0.2, 0) is 9.59 Å². The molecule has 2 amide bonds. The molecule has 0 spiro atoms. The third-order valence-electron chi connectivity index (χ3n) is 5.69. The van der Waals surface area contributed by atoms with Gasteiger partial charge in [-0.1, -0.05) is 29.8 Å². The number of piperazine rings is 1. The summed E-state index contributed by atoms with van der Waals surface area (Å²) in [6, 6.07) is 15.3. The maximum absolute atomic E-state index is 13.1. The van der Waals surface area contributed by atoms with Gasteiger partial charge < -0.3 is 19.4 Å². The van der Waals surface area contributed by atoms with Crippen molar-refractivity contribution in [3.8, 4) is 5.75 Å². The molecular formula is C23H26ClN3O3. The van der Waals surface area contributed by atoms with Crippen molar-refractivity contribution in [3.63, 3.8) is 0 Å². The van der Waals surface area contributed by atoms with Gasteiger partial charge >= 0.3 is 0 Å². The number of rotatable bonds is 5. The van der Waals surface area contributed by atoms with Gasteiger partial charge in [0.1, 0.15) is 5.75 Å². The molecule has 0 radical (unpaired) electrons. The fourth-order valence-corrected chi connectivity index (χ4v) is 4.36. The van der Waals surface area contributed by atoms with E-state index in [2.05, 4.69) is 4.90 Å². The lowest BCUT2D eigenvalue weighted by Crippen LogP contribution is -2.50. The lowest BCUT2D eigenvalue weighted by atomic mass is 10.1. The molecule has 2 aromatic carbocycles. The molecule has 0 saturated carbocycles. The Labute approximate surface area is 182 Å². The minimum atomic E-state index is -0.315. The number of anilines is 2. The van der Waals surface area contributed by atoms with Crippen molar-refractivity contribution in [2.24, 2.45) is 5.92 Å². The van der Waals surface area contributed by atoms with Crippen LogP contribution in [0.3, 0.4) is 0 Å². The number of benzene rings is 2. The third kappa shape index (κ3) is 4.24. The maximum atomic E-state index is 13.1. The van der Waals surface area contributed by atoms with Gasteiger partial charge in [0, 0.05) is 49.9 Å². The standard InChI is InChI=1S/C23H26ClN3O3/c1-2-30-21-9-4-3-8-20(21)27-16-17(14-22(27)28)23(29)26-12-10-25(11-13-26)19-7-5-6-18(24)15-19/h3-9,15,17H,2,10-14,16H2,1H3. The molecule has 1 atom stereocenters. The van der Waals surface area contributed by atoms with E-state index >= 15 is 0 Å². The number of amides is 2. The minimum Gasteiger partial charge on any atom is -0.492 e. The van der Waals surface area contributed by atoms with Crippen LogP contribution in [0.15, 0.2) is 48.5 Å². The molecule has 1 unspecified atom stereocenters. The molecule has 2 aliphatic rings. The van der Waals surface area contributed by atoms with Gasteiger partial charge in [0.05, 0.1) is 18.2 Å². The summed E-state index contributed by atoms with van der Waals surface area (Å²) in [4.78, 5) is 31.6. The zero-order chi connectivity index (χ0) is 21.1. The Bertz CT molecular complexity index is 927. The number of para-hydroxylation sites is 2. The first-order valence-electron chi connectivity index (χ1n) is 10.4. The molecule has 0 aliphatic carbocycles. The first-order valence-corrected chi connectivity index (χ1v) is 10.8. The van der Waals surface area contributed by atoms with Gasteiger partial charge in [0.25, 0.3) is 0 Å². The smallest absolute Gasteiger partial charge is 0.228 e. The Hall–Kier alpha value is -2.73. The number of halogens is 1. The van der Waals surface area contributed by atoms with Crippen LogP contribution in [0.1, 0.15) is 13.3 Å². The van der Waals surface area contributed by atoms with Crippen LogP contribution in [0, 0.1) is 5.92 Å². The monoisotopic (exact) mass is 427 g/mol. The third-order valence-corrected chi connectivity index (χ3v) is 5.93. The van der Waals surface area contributed by atoms with Crippen LogP contribution in [0.25, 0.3) is 0 Å². The molecule has 4 rings (SSSR count). The summed E-state index contributed by atoms with van der Waals surface area (Å²) in [5.74, 6) is 0.394. The summed E-state index contributed by atoms with van der Waals surface area (Å²) in [7, 11) is 0. The first-order chi connectivity index (χ1) is 14.6. The van der Waals surface area contributed by atoms with E-state index in [1.54, 1.807) is 4.90 Å². The second kappa shape index (κ2) is 8.96. The largest absolute Gasteiger partial charge is 0.492 e. The molecule has 30 heavy (non-hydrogen) atoms. The van der Waals surface area contributed by atoms with Crippen LogP contribution in [0.2, 0.25) is 5.02 Å². The van der Waals surface area contributed by atoms with Crippen LogP contribution in [-0.4, -0.2) is 56.0 Å². The summed E-state index contributed by atoms with van der Waals surface area (Å²) in [6.07, 6.45) is 0.244. The summed E-state index contributed by atoms with van der Waals surface area (Å²) in [6.45, 7) is 5.64. The number of hydrogen-bond acceptors (Lipinski definition) is 4. The molecule has 0 aromatic heterocycles. The Morgan fingerprint density at radius 2 is 1.87 bits per heavy atom. The van der Waals surface area contributed by atoms with E-state index in [1.807, 2.05) is 60.4 Å². The predicted molar refractivity (Wildman–Crippen MR) is 118 cm³/mol. The van der Waals surface area contributed by atoms with Crippen LogP contribution in [0.5, 0.6) is 5.75 Å². The van der Waals surface area contributed by atoms with Gasteiger partial charge in [0.15, 0.2) is 0 Å². The van der Waals surface area contributed by atoms with E-state index in [1.165, 1.54) is 0 Å². The molecule has 158 valence electrons. The summed E-state index contributed by atoms with van der Waals surface area (Å²) in [5, 5.41) is 0.711. The maximum Gasteiger partial charge on any atom is 0.228 e. The SMILES string of the molecule is CCOc1ccccc1N1CC(C(=O)N2CCN(c3cccc(Cl)c3)CC2)CC1=O. The van der Waals surface area contributed by atoms with Crippen molar-refractivity contribution in [2.45, 2.75) is 13.3 Å². The van der Waals surface area contributed by atoms with E-state index in [4.69, 9.17) is 16.3 Å². The predicted octanol–water partition coefficient (Wildman–Crippen LogP) is 3.44. The Balaban J connectivity index is 1.39. The van der Waals surface area contributed by atoms with Crippen LogP contribution in [0.4, 0.5) is 11.4 Å². The summed E-state index contributed by atoms with van der Waals surface area (Å²) >= 11 is 6.10. The molecule has 6 nitrogen and oxygen atoms in total. The van der Waals surface area contributed by atoms with Crippen LogP contribution < -0.4 is 14.5 Å². The highest BCUT2D eigenvalue weighted by molar-refractivity contribution is 6.30. The molecule has 2 heterocycles. The molecule has 7 heteroatoms. The van der Waals surface area contributed by atoms with Crippen LogP contribution >= 0.6 is 11.6 Å². The topological polar surface area (TPSA) is 53.1 Å². The van der Waals surface area contributed by atoms with Gasteiger partial charge in [0.2, 0.25) is 11.8 Å². The molecule has 2 fully saturated rings. The van der Waals surface area contributed by atoms with E-state index in [0.29, 0.717) is 37.0 Å². The Kier molecular flexibility index (Phi) is 6.13. The van der Waals surface area contributed by atoms with Crippen molar-refractivity contribution in [2.75, 3.05) is 49.1 Å². The van der Waals surface area contributed by atoms with Gasteiger partial charge in [-0.15, -0.1) is 0 Å².